The number of Topliss-reactive ketones (excluding diaryl/α,β-unsaturated/α-hetero) is 1. The van der Waals surface area contributed by atoms with Gasteiger partial charge < -0.3 is 21.5 Å². The van der Waals surface area contributed by atoms with Gasteiger partial charge in [-0.25, -0.2) is 0 Å². The Bertz CT molecular complexity index is 632. The number of primary amides is 2. The van der Waals surface area contributed by atoms with E-state index in [1.165, 1.54) is 0 Å². The van der Waals surface area contributed by atoms with Crippen LogP contribution in [0.25, 0.3) is 0 Å². The van der Waals surface area contributed by atoms with Gasteiger partial charge in [0.1, 0.15) is 11.8 Å². The Hall–Kier alpha value is -2.08. The van der Waals surface area contributed by atoms with E-state index in [9.17, 15) is 24.3 Å². The van der Waals surface area contributed by atoms with Crippen molar-refractivity contribution in [2.75, 3.05) is 72.0 Å². The van der Waals surface area contributed by atoms with Gasteiger partial charge in [-0.05, 0) is 13.0 Å². The Balaban J connectivity index is 3.02. The summed E-state index contributed by atoms with van der Waals surface area (Å²) in [4.78, 5) is 54.8. The van der Waals surface area contributed by atoms with Crippen LogP contribution in [-0.4, -0.2) is 126 Å². The lowest BCUT2D eigenvalue weighted by Gasteiger charge is -2.35. The minimum absolute atomic E-state index is 0.0469. The third-order valence-electron chi connectivity index (χ3n) is 5.89. The number of carbonyl (C=O) groups excluding carboxylic acids is 3. The van der Waals surface area contributed by atoms with Gasteiger partial charge in [-0.3, -0.25) is 33.9 Å². The molecule has 1 atom stereocenters. The summed E-state index contributed by atoms with van der Waals surface area (Å²) in [6.45, 7) is 9.23. The first-order chi connectivity index (χ1) is 15.2. The molecule has 0 spiro atoms. The van der Waals surface area contributed by atoms with E-state index in [4.69, 9.17) is 11.5 Å². The Morgan fingerprint density at radius 2 is 1.22 bits per heavy atom. The van der Waals surface area contributed by atoms with Crippen LogP contribution in [0, 0.1) is 0 Å². The number of hydrogen-bond acceptors (Lipinski definition) is 8. The molecule has 11 heteroatoms. The standard InChI is InChI=1S/C21H40N6O5/c1-3-17(28)5-6-18(21(31)32)27-13-11-24(4-2)7-8-25(15-19(22)29)9-10-26(12-14-27)16-20(23)30/h18H,3-16H2,1-2H3,(H2,22,29)(H2,23,30)(H,31,32). The van der Waals surface area contributed by atoms with E-state index in [0.717, 1.165) is 6.54 Å². The zero-order valence-electron chi connectivity index (χ0n) is 19.5. The lowest BCUT2D eigenvalue weighted by Crippen LogP contribution is -2.51. The fourth-order valence-corrected chi connectivity index (χ4v) is 3.87. The number of rotatable bonds is 11. The van der Waals surface area contributed by atoms with Crippen molar-refractivity contribution >= 4 is 23.6 Å². The van der Waals surface area contributed by atoms with Crippen LogP contribution in [0.5, 0.6) is 0 Å². The molecule has 0 saturated carbocycles. The number of carboxylic acids is 1. The van der Waals surface area contributed by atoms with Gasteiger partial charge in [-0.2, -0.15) is 0 Å². The summed E-state index contributed by atoms with van der Waals surface area (Å²) in [6, 6.07) is -0.770. The van der Waals surface area contributed by atoms with Crippen molar-refractivity contribution < 1.29 is 24.3 Å². The monoisotopic (exact) mass is 456 g/mol. The zero-order chi connectivity index (χ0) is 24.1. The molecule has 1 saturated heterocycles. The van der Waals surface area contributed by atoms with Gasteiger partial charge in [-0.1, -0.05) is 13.8 Å². The number of nitrogens with two attached hydrogens (primary N) is 2. The van der Waals surface area contributed by atoms with Crippen LogP contribution in [0.4, 0.5) is 0 Å². The third-order valence-corrected chi connectivity index (χ3v) is 5.89. The second-order valence-corrected chi connectivity index (χ2v) is 8.24. The number of amides is 2. The summed E-state index contributed by atoms with van der Waals surface area (Å²) >= 11 is 0. The molecule has 0 aromatic rings. The van der Waals surface area contributed by atoms with E-state index in [0.29, 0.717) is 58.8 Å². The van der Waals surface area contributed by atoms with E-state index in [2.05, 4.69) is 4.90 Å². The van der Waals surface area contributed by atoms with Gasteiger partial charge in [0.2, 0.25) is 11.8 Å². The molecule has 0 aromatic heterocycles. The molecule has 32 heavy (non-hydrogen) atoms. The summed E-state index contributed by atoms with van der Waals surface area (Å²) in [6.07, 6.45) is 0.884. The number of carboxylic acid groups (broad SMARTS) is 1. The second-order valence-electron chi connectivity index (χ2n) is 8.24. The van der Waals surface area contributed by atoms with Gasteiger partial charge >= 0.3 is 5.97 Å². The molecule has 1 heterocycles. The summed E-state index contributed by atoms with van der Waals surface area (Å²) in [7, 11) is 0. The molecule has 1 rings (SSSR count). The van der Waals surface area contributed by atoms with Crippen molar-refractivity contribution in [1.82, 2.24) is 19.6 Å². The van der Waals surface area contributed by atoms with Crippen molar-refractivity contribution in [3.05, 3.63) is 0 Å². The first-order valence-corrected chi connectivity index (χ1v) is 11.4. The first-order valence-electron chi connectivity index (χ1n) is 11.4. The molecular formula is C21H40N6O5. The average molecular weight is 457 g/mol. The van der Waals surface area contributed by atoms with E-state index < -0.39 is 23.8 Å². The molecule has 11 nitrogen and oxygen atoms in total. The summed E-state index contributed by atoms with van der Waals surface area (Å²) < 4.78 is 0. The molecule has 1 aliphatic rings. The van der Waals surface area contributed by atoms with Crippen molar-refractivity contribution in [2.45, 2.75) is 39.2 Å². The molecule has 184 valence electrons. The number of hydrogen-bond donors (Lipinski definition) is 3. The number of nitrogens with zero attached hydrogens (tertiary/aromatic N) is 4. The molecule has 0 aromatic carbocycles. The van der Waals surface area contributed by atoms with Crippen LogP contribution in [0.1, 0.15) is 33.1 Å². The van der Waals surface area contributed by atoms with Gasteiger partial charge in [0.25, 0.3) is 0 Å². The molecule has 1 aliphatic heterocycles. The van der Waals surface area contributed by atoms with Crippen LogP contribution in [0.3, 0.4) is 0 Å². The number of carbonyl (C=O) groups is 4. The second kappa shape index (κ2) is 14.9. The van der Waals surface area contributed by atoms with Crippen LogP contribution < -0.4 is 11.5 Å². The van der Waals surface area contributed by atoms with Crippen LogP contribution in [-0.2, 0) is 19.2 Å². The van der Waals surface area contributed by atoms with Crippen molar-refractivity contribution in [2.24, 2.45) is 11.5 Å². The lowest BCUT2D eigenvalue weighted by atomic mass is 10.1. The predicted octanol–water partition coefficient (Wildman–Crippen LogP) is -1.59. The molecule has 0 bridgehead atoms. The van der Waals surface area contributed by atoms with Crippen LogP contribution in [0.2, 0.25) is 0 Å². The highest BCUT2D eigenvalue weighted by atomic mass is 16.4. The lowest BCUT2D eigenvalue weighted by molar-refractivity contribution is -0.144. The van der Waals surface area contributed by atoms with Gasteiger partial charge in [0.15, 0.2) is 0 Å². The Morgan fingerprint density at radius 1 is 0.781 bits per heavy atom. The smallest absolute Gasteiger partial charge is 0.320 e. The highest BCUT2D eigenvalue weighted by molar-refractivity contribution is 5.80. The molecule has 5 N–H and O–H groups in total. The average Bonchev–Trinajstić information content (AvgIpc) is 2.72. The number of aliphatic carboxylic acids is 1. The summed E-state index contributed by atoms with van der Waals surface area (Å²) in [5.41, 5.74) is 10.8. The molecule has 1 unspecified atom stereocenters. The van der Waals surface area contributed by atoms with E-state index >= 15 is 0 Å². The minimum atomic E-state index is -0.946. The predicted molar refractivity (Wildman–Crippen MR) is 121 cm³/mol. The maximum atomic E-state index is 12.0. The van der Waals surface area contributed by atoms with Crippen molar-refractivity contribution in [1.29, 1.82) is 0 Å². The zero-order valence-corrected chi connectivity index (χ0v) is 19.5. The van der Waals surface area contributed by atoms with Crippen molar-refractivity contribution in [3.63, 3.8) is 0 Å². The fourth-order valence-electron chi connectivity index (χ4n) is 3.87. The molecule has 0 aliphatic carbocycles. The first kappa shape index (κ1) is 28.0. The quantitative estimate of drug-likeness (QED) is 0.334. The Morgan fingerprint density at radius 3 is 1.62 bits per heavy atom. The summed E-state index contributed by atoms with van der Waals surface area (Å²) in [5.74, 6) is -1.77. The van der Waals surface area contributed by atoms with Crippen LogP contribution in [0.15, 0.2) is 0 Å². The third kappa shape index (κ3) is 11.0. The largest absolute Gasteiger partial charge is 0.480 e. The Labute approximate surface area is 190 Å². The molecule has 0 radical (unpaired) electrons. The highest BCUT2D eigenvalue weighted by Gasteiger charge is 2.27. The topological polar surface area (TPSA) is 154 Å². The Kier molecular flexibility index (Phi) is 13.0. The maximum Gasteiger partial charge on any atom is 0.320 e. The normalized spacial score (nSPS) is 19.6. The van der Waals surface area contributed by atoms with E-state index in [1.54, 1.807) is 6.92 Å². The van der Waals surface area contributed by atoms with E-state index in [-0.39, 0.29) is 31.7 Å². The van der Waals surface area contributed by atoms with E-state index in [1.807, 2.05) is 21.6 Å². The molecular weight excluding hydrogens is 416 g/mol. The number of likely N-dealkylation sites (N-methyl/N-ethyl adjacent to an activating group) is 1. The van der Waals surface area contributed by atoms with Gasteiger partial charge in [-0.15, -0.1) is 0 Å². The van der Waals surface area contributed by atoms with Crippen LogP contribution >= 0.6 is 0 Å². The van der Waals surface area contributed by atoms with Gasteiger partial charge in [0.05, 0.1) is 13.1 Å². The summed E-state index contributed by atoms with van der Waals surface area (Å²) in [5, 5.41) is 9.85. The molecule has 1 fully saturated rings. The highest BCUT2D eigenvalue weighted by Crippen LogP contribution is 2.11. The fraction of sp³-hybridized carbons (Fsp3) is 0.810. The maximum absolute atomic E-state index is 12.0. The molecule has 2 amide bonds. The minimum Gasteiger partial charge on any atom is -0.480 e. The SMILES string of the molecule is CCC(=O)CCC(C(=O)O)N1CCN(CC)CCN(CC(N)=O)CCN(CC(N)=O)CC1. The number of ketones is 1. The van der Waals surface area contributed by atoms with Gasteiger partial charge in [0, 0.05) is 65.2 Å². The van der Waals surface area contributed by atoms with Crippen molar-refractivity contribution in [3.8, 4) is 0 Å².